The summed E-state index contributed by atoms with van der Waals surface area (Å²) >= 11 is 0. The molecule has 17 heavy (non-hydrogen) atoms. The highest BCUT2D eigenvalue weighted by Gasteiger charge is 2.04. The van der Waals surface area contributed by atoms with Crippen molar-refractivity contribution in [2.45, 2.75) is 0 Å². The third-order valence-electron chi connectivity index (χ3n) is 2.71. The number of aromatic nitrogens is 2. The van der Waals surface area contributed by atoms with Crippen LogP contribution in [0.5, 0.6) is 0 Å². The average Bonchev–Trinajstić information content (AvgIpc) is 2.38. The Morgan fingerprint density at radius 2 is 1.82 bits per heavy atom. The Morgan fingerprint density at radius 1 is 0.882 bits per heavy atom. The monoisotopic (exact) mass is 221 g/mol. The number of benzene rings is 1. The lowest BCUT2D eigenvalue weighted by Gasteiger charge is -2.05. The molecule has 0 radical (unpaired) electrons. The predicted octanol–water partition coefficient (Wildman–Crippen LogP) is 2.88. The van der Waals surface area contributed by atoms with Gasteiger partial charge in [-0.05, 0) is 24.3 Å². The SMILES string of the molecule is Nc1ccnc(-c2cccc3ncccc23)c1. The number of hydrogen-bond donors (Lipinski definition) is 1. The summed E-state index contributed by atoms with van der Waals surface area (Å²) in [7, 11) is 0. The maximum atomic E-state index is 5.78. The van der Waals surface area contributed by atoms with Gasteiger partial charge in [0.15, 0.2) is 0 Å². The van der Waals surface area contributed by atoms with E-state index in [-0.39, 0.29) is 0 Å². The molecule has 0 saturated carbocycles. The number of nitrogens with two attached hydrogens (primary N) is 1. The van der Waals surface area contributed by atoms with Gasteiger partial charge in [0, 0.05) is 29.0 Å². The molecule has 0 spiro atoms. The Bertz CT molecular complexity index is 672. The van der Waals surface area contributed by atoms with Crippen molar-refractivity contribution in [2.24, 2.45) is 0 Å². The summed E-state index contributed by atoms with van der Waals surface area (Å²) in [5.74, 6) is 0. The van der Waals surface area contributed by atoms with Crippen molar-refractivity contribution in [3.8, 4) is 11.3 Å². The quantitative estimate of drug-likeness (QED) is 0.687. The van der Waals surface area contributed by atoms with E-state index < -0.39 is 0 Å². The molecule has 82 valence electrons. The predicted molar refractivity (Wildman–Crippen MR) is 69.4 cm³/mol. The van der Waals surface area contributed by atoms with E-state index in [0.717, 1.165) is 27.8 Å². The molecule has 0 unspecified atom stereocenters. The number of nitrogen functional groups attached to an aromatic ring is 1. The van der Waals surface area contributed by atoms with E-state index in [0.29, 0.717) is 0 Å². The van der Waals surface area contributed by atoms with Crippen LogP contribution in [-0.2, 0) is 0 Å². The first-order valence-electron chi connectivity index (χ1n) is 5.40. The summed E-state index contributed by atoms with van der Waals surface area (Å²) in [5, 5.41) is 1.09. The second-order valence-electron chi connectivity index (χ2n) is 3.85. The van der Waals surface area contributed by atoms with Crippen molar-refractivity contribution in [3.05, 3.63) is 54.9 Å². The first-order valence-corrected chi connectivity index (χ1v) is 5.40. The minimum absolute atomic E-state index is 0.718. The van der Waals surface area contributed by atoms with Gasteiger partial charge >= 0.3 is 0 Å². The van der Waals surface area contributed by atoms with Crippen LogP contribution >= 0.6 is 0 Å². The maximum Gasteiger partial charge on any atom is 0.0729 e. The summed E-state index contributed by atoms with van der Waals surface area (Å²) in [6.45, 7) is 0. The zero-order valence-electron chi connectivity index (χ0n) is 9.17. The van der Waals surface area contributed by atoms with Crippen molar-refractivity contribution in [1.29, 1.82) is 0 Å². The topological polar surface area (TPSA) is 51.8 Å². The van der Waals surface area contributed by atoms with Crippen LogP contribution in [0.25, 0.3) is 22.2 Å². The molecular weight excluding hydrogens is 210 g/mol. The number of hydrogen-bond acceptors (Lipinski definition) is 3. The van der Waals surface area contributed by atoms with E-state index in [2.05, 4.69) is 9.97 Å². The standard InChI is InChI=1S/C14H11N3/c15-10-6-8-17-14(9-10)12-3-1-5-13-11(12)4-2-7-16-13/h1-9H,(H2,15,17). The zero-order valence-corrected chi connectivity index (χ0v) is 9.17. The van der Waals surface area contributed by atoms with Gasteiger partial charge in [-0.25, -0.2) is 0 Å². The Hall–Kier alpha value is -2.42. The van der Waals surface area contributed by atoms with Gasteiger partial charge in [-0.2, -0.15) is 0 Å². The lowest BCUT2D eigenvalue weighted by atomic mass is 10.0. The van der Waals surface area contributed by atoms with Gasteiger partial charge in [-0.3, -0.25) is 9.97 Å². The van der Waals surface area contributed by atoms with Crippen molar-refractivity contribution >= 4 is 16.6 Å². The van der Waals surface area contributed by atoms with Gasteiger partial charge in [0.25, 0.3) is 0 Å². The van der Waals surface area contributed by atoms with E-state index in [1.165, 1.54) is 0 Å². The van der Waals surface area contributed by atoms with Crippen LogP contribution in [0.4, 0.5) is 5.69 Å². The molecule has 0 aliphatic rings. The molecule has 0 fully saturated rings. The summed E-state index contributed by atoms with van der Waals surface area (Å²) in [6.07, 6.45) is 3.51. The van der Waals surface area contributed by atoms with Crippen LogP contribution in [0.2, 0.25) is 0 Å². The Morgan fingerprint density at radius 3 is 2.71 bits per heavy atom. The molecule has 0 aliphatic carbocycles. The molecule has 3 aromatic rings. The van der Waals surface area contributed by atoms with Crippen LogP contribution in [0.1, 0.15) is 0 Å². The number of fused-ring (bicyclic) bond motifs is 1. The number of anilines is 1. The second-order valence-corrected chi connectivity index (χ2v) is 3.85. The first kappa shape index (κ1) is 9.78. The molecule has 0 saturated heterocycles. The third-order valence-corrected chi connectivity index (χ3v) is 2.71. The molecule has 3 heteroatoms. The Kier molecular flexibility index (Phi) is 2.22. The van der Waals surface area contributed by atoms with Crippen LogP contribution in [0.3, 0.4) is 0 Å². The molecule has 1 aromatic carbocycles. The first-order chi connectivity index (χ1) is 8.34. The number of pyridine rings is 2. The summed E-state index contributed by atoms with van der Waals surface area (Å²) < 4.78 is 0. The molecule has 0 aliphatic heterocycles. The average molecular weight is 221 g/mol. The number of nitrogens with zero attached hydrogens (tertiary/aromatic N) is 2. The summed E-state index contributed by atoms with van der Waals surface area (Å²) in [4.78, 5) is 8.68. The van der Waals surface area contributed by atoms with Gasteiger partial charge in [0.1, 0.15) is 0 Å². The molecule has 2 aromatic heterocycles. The minimum Gasteiger partial charge on any atom is -0.399 e. The van der Waals surface area contributed by atoms with Gasteiger partial charge in [0.05, 0.1) is 11.2 Å². The van der Waals surface area contributed by atoms with Crippen molar-refractivity contribution in [2.75, 3.05) is 5.73 Å². The van der Waals surface area contributed by atoms with Gasteiger partial charge in [0.2, 0.25) is 0 Å². The molecule has 2 heterocycles. The van der Waals surface area contributed by atoms with Crippen LogP contribution in [0, 0.1) is 0 Å². The fourth-order valence-electron chi connectivity index (χ4n) is 1.92. The highest BCUT2D eigenvalue weighted by atomic mass is 14.7. The lowest BCUT2D eigenvalue weighted by Crippen LogP contribution is -1.89. The molecule has 0 bridgehead atoms. The van der Waals surface area contributed by atoms with Crippen LogP contribution in [-0.4, -0.2) is 9.97 Å². The van der Waals surface area contributed by atoms with Crippen LogP contribution in [0.15, 0.2) is 54.9 Å². The van der Waals surface area contributed by atoms with E-state index in [9.17, 15) is 0 Å². The minimum atomic E-state index is 0.718. The normalized spacial score (nSPS) is 10.6. The van der Waals surface area contributed by atoms with Crippen molar-refractivity contribution < 1.29 is 0 Å². The zero-order chi connectivity index (χ0) is 11.7. The van der Waals surface area contributed by atoms with E-state index >= 15 is 0 Å². The Balaban J connectivity index is 2.30. The molecule has 0 atom stereocenters. The van der Waals surface area contributed by atoms with Crippen LogP contribution < -0.4 is 5.73 Å². The largest absolute Gasteiger partial charge is 0.399 e. The number of rotatable bonds is 1. The highest BCUT2D eigenvalue weighted by Crippen LogP contribution is 2.26. The fraction of sp³-hybridized carbons (Fsp3) is 0. The summed E-state index contributed by atoms with van der Waals surface area (Å²) in [6, 6.07) is 13.6. The summed E-state index contributed by atoms with van der Waals surface area (Å²) in [5.41, 5.74) is 9.41. The van der Waals surface area contributed by atoms with Crippen molar-refractivity contribution in [1.82, 2.24) is 9.97 Å². The lowest BCUT2D eigenvalue weighted by molar-refractivity contribution is 1.33. The smallest absolute Gasteiger partial charge is 0.0729 e. The molecule has 0 amide bonds. The molecule has 3 rings (SSSR count). The van der Waals surface area contributed by atoms with Gasteiger partial charge in [-0.1, -0.05) is 18.2 Å². The van der Waals surface area contributed by atoms with Crippen molar-refractivity contribution in [3.63, 3.8) is 0 Å². The van der Waals surface area contributed by atoms with E-state index in [1.807, 2.05) is 36.4 Å². The second kappa shape index (κ2) is 3.87. The highest BCUT2D eigenvalue weighted by molar-refractivity contribution is 5.93. The Labute approximate surface area is 98.9 Å². The maximum absolute atomic E-state index is 5.78. The molecule has 3 nitrogen and oxygen atoms in total. The molecule has 2 N–H and O–H groups in total. The molecular formula is C14H11N3. The fourth-order valence-corrected chi connectivity index (χ4v) is 1.92. The van der Waals surface area contributed by atoms with E-state index in [1.54, 1.807) is 18.5 Å². The third kappa shape index (κ3) is 1.72. The van der Waals surface area contributed by atoms with E-state index in [4.69, 9.17) is 5.73 Å². The van der Waals surface area contributed by atoms with Gasteiger partial charge < -0.3 is 5.73 Å². The van der Waals surface area contributed by atoms with Gasteiger partial charge in [-0.15, -0.1) is 0 Å².